The maximum Gasteiger partial charge on any atom is 0.220 e. The smallest absolute Gasteiger partial charge is 0.220 e. The van der Waals surface area contributed by atoms with E-state index in [4.69, 9.17) is 18.9 Å². The molecule has 1 amide bonds. The number of nitrogens with one attached hydrogen (secondary N) is 1. The number of unbranched alkanes of at least 4 members (excludes halogenated alkanes) is 22. The number of aliphatic hydroxyl groups excluding tert-OH is 8. The summed E-state index contributed by atoms with van der Waals surface area (Å²) in [6, 6.07) is -0.817. The molecule has 0 radical (unpaired) electrons. The Bertz CT molecular complexity index is 993. The summed E-state index contributed by atoms with van der Waals surface area (Å²) in [4.78, 5) is 13.1. The number of ether oxygens (including phenoxy) is 4. The summed E-state index contributed by atoms with van der Waals surface area (Å²) in [5.74, 6) is -0.210. The Morgan fingerprint density at radius 3 is 1.47 bits per heavy atom. The molecular weight excluding hydrogens is 750 g/mol. The van der Waals surface area contributed by atoms with E-state index in [1.165, 1.54) is 89.9 Å². The molecule has 0 aromatic carbocycles. The van der Waals surface area contributed by atoms with Gasteiger partial charge >= 0.3 is 0 Å². The Kier molecular flexibility index (Phi) is 29.9. The van der Waals surface area contributed by atoms with E-state index < -0.39 is 86.8 Å². The van der Waals surface area contributed by atoms with E-state index in [9.17, 15) is 45.6 Å². The zero-order valence-corrected chi connectivity index (χ0v) is 36.1. The van der Waals surface area contributed by atoms with Gasteiger partial charge in [0.1, 0.15) is 48.8 Å². The molecule has 2 saturated heterocycles. The van der Waals surface area contributed by atoms with Crippen molar-refractivity contribution in [3.05, 3.63) is 0 Å². The monoisotopic (exact) mass is 836 g/mol. The van der Waals surface area contributed by atoms with Crippen LogP contribution in [0.15, 0.2) is 0 Å². The normalized spacial score (nSPS) is 28.7. The van der Waals surface area contributed by atoms with Gasteiger partial charge in [-0.2, -0.15) is 0 Å². The van der Waals surface area contributed by atoms with Crippen molar-refractivity contribution in [2.24, 2.45) is 0 Å². The van der Waals surface area contributed by atoms with Gasteiger partial charge in [0.2, 0.25) is 5.91 Å². The summed E-state index contributed by atoms with van der Waals surface area (Å²) in [6.45, 7) is 2.77. The fourth-order valence-electron chi connectivity index (χ4n) is 7.94. The Morgan fingerprint density at radius 2 is 0.983 bits per heavy atom. The molecule has 2 aliphatic rings. The highest BCUT2D eigenvalue weighted by molar-refractivity contribution is 5.76. The number of aliphatic hydroxyl groups is 8. The first-order valence-corrected chi connectivity index (χ1v) is 23.3. The summed E-state index contributed by atoms with van der Waals surface area (Å²) in [6.07, 6.45) is 13.0. The van der Waals surface area contributed by atoms with Crippen molar-refractivity contribution in [2.45, 2.75) is 254 Å². The second kappa shape index (κ2) is 32.7. The maximum absolute atomic E-state index is 13.1. The molecule has 0 bridgehead atoms. The van der Waals surface area contributed by atoms with Gasteiger partial charge < -0.3 is 65.1 Å². The lowest BCUT2D eigenvalue weighted by molar-refractivity contribution is -0.359. The molecule has 2 heterocycles. The van der Waals surface area contributed by atoms with Crippen molar-refractivity contribution in [1.82, 2.24) is 5.32 Å². The second-order valence-electron chi connectivity index (χ2n) is 16.9. The van der Waals surface area contributed by atoms with Gasteiger partial charge in [-0.3, -0.25) is 4.79 Å². The average Bonchev–Trinajstić information content (AvgIpc) is 3.22. The van der Waals surface area contributed by atoms with Crippen molar-refractivity contribution in [3.63, 3.8) is 0 Å². The molecule has 9 N–H and O–H groups in total. The summed E-state index contributed by atoms with van der Waals surface area (Å²) in [7, 11) is 0. The number of hydrogen-bond donors (Lipinski definition) is 9. The van der Waals surface area contributed by atoms with E-state index in [1.807, 2.05) is 0 Å². The molecule has 14 nitrogen and oxygen atoms in total. The van der Waals surface area contributed by atoms with Crippen molar-refractivity contribution in [1.29, 1.82) is 0 Å². The Morgan fingerprint density at radius 1 is 0.552 bits per heavy atom. The minimum absolute atomic E-state index is 0.210. The van der Waals surface area contributed by atoms with Gasteiger partial charge in [-0.15, -0.1) is 0 Å². The van der Waals surface area contributed by atoms with Crippen molar-refractivity contribution in [2.75, 3.05) is 19.8 Å². The van der Waals surface area contributed by atoms with Gasteiger partial charge in [-0.25, -0.2) is 0 Å². The first-order chi connectivity index (χ1) is 28.1. The lowest BCUT2D eigenvalue weighted by atomic mass is 9.97. The quantitative estimate of drug-likeness (QED) is 0.0397. The number of rotatable bonds is 35. The van der Waals surface area contributed by atoms with Gasteiger partial charge in [-0.1, -0.05) is 162 Å². The van der Waals surface area contributed by atoms with Crippen LogP contribution in [-0.4, -0.2) is 140 Å². The van der Waals surface area contributed by atoms with Crippen LogP contribution in [0.2, 0.25) is 0 Å². The van der Waals surface area contributed by atoms with E-state index in [1.54, 1.807) is 0 Å². The summed E-state index contributed by atoms with van der Waals surface area (Å²) in [5, 5.41) is 86.3. The van der Waals surface area contributed by atoms with E-state index in [0.717, 1.165) is 64.2 Å². The molecule has 2 aliphatic heterocycles. The average molecular weight is 836 g/mol. The Labute approximate surface area is 349 Å². The fourth-order valence-corrected chi connectivity index (χ4v) is 7.94. The van der Waals surface area contributed by atoms with Gasteiger partial charge in [0, 0.05) is 6.42 Å². The molecule has 58 heavy (non-hydrogen) atoms. The van der Waals surface area contributed by atoms with Crippen LogP contribution < -0.4 is 5.32 Å². The van der Waals surface area contributed by atoms with Crippen LogP contribution in [0.4, 0.5) is 0 Å². The Hall–Kier alpha value is -1.01. The lowest BCUT2D eigenvalue weighted by Crippen LogP contribution is -2.65. The van der Waals surface area contributed by atoms with Crippen LogP contribution in [0.5, 0.6) is 0 Å². The fraction of sp³-hybridized carbons (Fsp3) is 0.977. The van der Waals surface area contributed by atoms with Gasteiger partial charge in [0.05, 0.1) is 32.0 Å². The molecule has 0 aromatic rings. The lowest BCUT2D eigenvalue weighted by Gasteiger charge is -2.46. The molecule has 0 aliphatic carbocycles. The van der Waals surface area contributed by atoms with E-state index in [-0.39, 0.29) is 12.5 Å². The van der Waals surface area contributed by atoms with Crippen LogP contribution >= 0.6 is 0 Å². The summed E-state index contributed by atoms with van der Waals surface area (Å²) in [5.41, 5.74) is 0. The predicted molar refractivity (Wildman–Crippen MR) is 222 cm³/mol. The first kappa shape index (κ1) is 53.1. The second-order valence-corrected chi connectivity index (χ2v) is 16.9. The highest BCUT2D eigenvalue weighted by Gasteiger charge is 2.51. The third-order valence-corrected chi connectivity index (χ3v) is 11.8. The van der Waals surface area contributed by atoms with E-state index in [2.05, 4.69) is 19.2 Å². The van der Waals surface area contributed by atoms with Gasteiger partial charge in [0.15, 0.2) is 12.6 Å². The number of carbonyl (C=O) groups is 1. The third kappa shape index (κ3) is 20.7. The van der Waals surface area contributed by atoms with E-state index in [0.29, 0.717) is 12.8 Å². The molecule has 2 rings (SSSR count). The standard InChI is InChI=1S/C44H85NO13/c1-3-5-7-9-11-12-13-14-15-16-17-18-19-20-21-22-24-26-28-36(49)45-32(33(48)27-25-23-10-8-6-4-2)31-55-43-41(54)39(52)42(35(30-47)57-43)58-44-40(53)38(51)37(50)34(29-46)56-44/h32-35,37-44,46-48,50-54H,3-31H2,1-2H3,(H,45,49). The summed E-state index contributed by atoms with van der Waals surface area (Å²) < 4.78 is 22.6. The minimum Gasteiger partial charge on any atom is -0.394 e. The van der Waals surface area contributed by atoms with Crippen LogP contribution in [0, 0.1) is 0 Å². The number of carbonyl (C=O) groups excluding carboxylic acids is 1. The van der Waals surface area contributed by atoms with Crippen molar-refractivity contribution < 1.29 is 64.6 Å². The maximum atomic E-state index is 13.1. The molecule has 2 fully saturated rings. The van der Waals surface area contributed by atoms with Gasteiger partial charge in [-0.05, 0) is 12.8 Å². The molecule has 344 valence electrons. The van der Waals surface area contributed by atoms with Crippen LogP contribution in [0.25, 0.3) is 0 Å². The van der Waals surface area contributed by atoms with Crippen molar-refractivity contribution in [3.8, 4) is 0 Å². The topological polar surface area (TPSA) is 228 Å². The minimum atomic E-state index is -1.78. The molecule has 0 spiro atoms. The molecule has 12 unspecified atom stereocenters. The molecule has 14 heteroatoms. The number of amides is 1. The van der Waals surface area contributed by atoms with Crippen LogP contribution in [-0.2, 0) is 23.7 Å². The zero-order chi connectivity index (χ0) is 42.5. The molecule has 12 atom stereocenters. The molecule has 0 saturated carbocycles. The van der Waals surface area contributed by atoms with Gasteiger partial charge in [0.25, 0.3) is 0 Å². The Balaban J connectivity index is 1.77. The predicted octanol–water partition coefficient (Wildman–Crippen LogP) is 4.66. The zero-order valence-electron chi connectivity index (χ0n) is 36.1. The highest BCUT2D eigenvalue weighted by Crippen LogP contribution is 2.30. The van der Waals surface area contributed by atoms with Crippen LogP contribution in [0.1, 0.15) is 181 Å². The van der Waals surface area contributed by atoms with E-state index >= 15 is 0 Å². The SMILES string of the molecule is CCCCCCCCCCCCCCCCCCCCC(=O)NC(COC1OC(CO)C(OC2OC(CO)C(O)C(O)C2O)C(O)C1O)C(O)CCCCCCCC. The third-order valence-electron chi connectivity index (χ3n) is 11.8. The van der Waals surface area contributed by atoms with Crippen molar-refractivity contribution >= 4 is 5.91 Å². The molecule has 0 aromatic heterocycles. The number of hydrogen-bond acceptors (Lipinski definition) is 13. The first-order valence-electron chi connectivity index (χ1n) is 23.3. The highest BCUT2D eigenvalue weighted by atomic mass is 16.7. The van der Waals surface area contributed by atoms with Crippen LogP contribution in [0.3, 0.4) is 0 Å². The summed E-state index contributed by atoms with van der Waals surface area (Å²) >= 11 is 0. The largest absolute Gasteiger partial charge is 0.394 e. The molecular formula is C44H85NO13.